The highest BCUT2D eigenvalue weighted by Gasteiger charge is 2.18. The average molecular weight is 293 g/mol. The van der Waals surface area contributed by atoms with E-state index in [1.807, 2.05) is 25.2 Å². The molecule has 1 aliphatic carbocycles. The maximum Gasteiger partial charge on any atom is 0.223 e. The zero-order valence-electron chi connectivity index (χ0n) is 12.6. The van der Waals surface area contributed by atoms with Crippen LogP contribution >= 0.6 is 0 Å². The molecule has 5 heteroatoms. The lowest BCUT2D eigenvalue weighted by molar-refractivity contribution is 0.743. The Balaban J connectivity index is 1.93. The van der Waals surface area contributed by atoms with Crippen LogP contribution < -0.4 is 10.6 Å². The summed E-state index contributed by atoms with van der Waals surface area (Å²) in [6, 6.07) is 2.71. The number of aromatic nitrogens is 2. The number of allylic oxidation sites excluding steroid dienone is 4. The molecular formula is C17H19N5. The van der Waals surface area contributed by atoms with Gasteiger partial charge in [-0.2, -0.15) is 5.26 Å². The number of rotatable bonds is 3. The van der Waals surface area contributed by atoms with Crippen molar-refractivity contribution in [2.24, 2.45) is 0 Å². The molecule has 0 aromatic carbocycles. The van der Waals surface area contributed by atoms with Crippen LogP contribution in [0.4, 0.5) is 5.95 Å². The van der Waals surface area contributed by atoms with E-state index in [9.17, 15) is 5.26 Å². The molecule has 2 aliphatic rings. The first kappa shape index (κ1) is 14.3. The van der Waals surface area contributed by atoms with Crippen molar-refractivity contribution in [1.29, 1.82) is 5.26 Å². The Labute approximate surface area is 130 Å². The number of hydrogen-bond acceptors (Lipinski definition) is 5. The van der Waals surface area contributed by atoms with Crippen LogP contribution in [0.25, 0.3) is 5.57 Å². The molecule has 5 nitrogen and oxygen atoms in total. The van der Waals surface area contributed by atoms with Crippen LogP contribution in [0.3, 0.4) is 0 Å². The topological polar surface area (TPSA) is 73.6 Å². The zero-order chi connectivity index (χ0) is 15.4. The number of nitrogens with zero attached hydrogens (tertiary/aromatic N) is 3. The normalized spacial score (nSPS) is 19.6. The Kier molecular flexibility index (Phi) is 4.19. The van der Waals surface area contributed by atoms with E-state index in [0.29, 0.717) is 23.3 Å². The summed E-state index contributed by atoms with van der Waals surface area (Å²) in [7, 11) is 0. The third-order valence-corrected chi connectivity index (χ3v) is 3.99. The van der Waals surface area contributed by atoms with E-state index in [4.69, 9.17) is 0 Å². The minimum absolute atomic E-state index is 0.448. The van der Waals surface area contributed by atoms with Crippen LogP contribution in [-0.4, -0.2) is 16.0 Å². The first-order valence-electron chi connectivity index (χ1n) is 7.62. The number of hydrogen-bond donors (Lipinski definition) is 2. The van der Waals surface area contributed by atoms with E-state index < -0.39 is 0 Å². The van der Waals surface area contributed by atoms with Gasteiger partial charge in [0.1, 0.15) is 11.6 Å². The first-order chi connectivity index (χ1) is 10.8. The van der Waals surface area contributed by atoms with Crippen molar-refractivity contribution in [2.45, 2.75) is 38.6 Å². The van der Waals surface area contributed by atoms with Crippen LogP contribution in [0.2, 0.25) is 0 Å². The number of nitrogens with one attached hydrogen (secondary N) is 2. The summed E-state index contributed by atoms with van der Waals surface area (Å²) in [5.74, 6) is 0.608. The summed E-state index contributed by atoms with van der Waals surface area (Å²) < 4.78 is 0. The standard InChI is InChI=1S/C17H19N5/c1-12-11-20-17(21-13-6-2-3-7-13)22-16(12)14(10-18)15-8-4-5-9-19-15/h4-5,8-9,11,13,19H,2-3,6-7H2,1H3,(H,20,21,22)/b15-14-. The van der Waals surface area contributed by atoms with Crippen LogP contribution in [0, 0.1) is 18.3 Å². The van der Waals surface area contributed by atoms with Gasteiger partial charge in [0.25, 0.3) is 0 Å². The number of anilines is 1. The lowest BCUT2D eigenvalue weighted by atomic mass is 10.1. The summed E-state index contributed by atoms with van der Waals surface area (Å²) in [6.07, 6.45) is 14.1. The molecule has 1 aliphatic heterocycles. The molecular weight excluding hydrogens is 274 g/mol. The molecule has 2 N–H and O–H groups in total. The largest absolute Gasteiger partial charge is 0.361 e. The van der Waals surface area contributed by atoms with Gasteiger partial charge in [-0.3, -0.25) is 0 Å². The van der Waals surface area contributed by atoms with E-state index in [1.54, 1.807) is 12.4 Å². The smallest absolute Gasteiger partial charge is 0.223 e. The number of nitriles is 1. The molecule has 1 saturated carbocycles. The van der Waals surface area contributed by atoms with Gasteiger partial charge in [0.05, 0.1) is 11.4 Å². The maximum atomic E-state index is 9.54. The predicted octanol–water partition coefficient (Wildman–Crippen LogP) is 3.05. The summed E-state index contributed by atoms with van der Waals surface area (Å²) in [4.78, 5) is 8.94. The molecule has 3 rings (SSSR count). The van der Waals surface area contributed by atoms with Crippen LogP contribution in [0.15, 0.2) is 36.3 Å². The molecule has 0 radical (unpaired) electrons. The molecule has 0 spiro atoms. The van der Waals surface area contributed by atoms with Gasteiger partial charge in [0, 0.05) is 18.4 Å². The van der Waals surface area contributed by atoms with Gasteiger partial charge in [0.15, 0.2) is 0 Å². The van der Waals surface area contributed by atoms with Crippen molar-refractivity contribution >= 4 is 11.5 Å². The second-order valence-corrected chi connectivity index (χ2v) is 5.61. The summed E-state index contributed by atoms with van der Waals surface area (Å²) in [5, 5.41) is 16.0. The van der Waals surface area contributed by atoms with Gasteiger partial charge >= 0.3 is 0 Å². The van der Waals surface area contributed by atoms with E-state index in [1.165, 1.54) is 12.8 Å². The fraction of sp³-hybridized carbons (Fsp3) is 0.353. The molecule has 2 heterocycles. The lowest BCUT2D eigenvalue weighted by Gasteiger charge is -2.14. The fourth-order valence-electron chi connectivity index (χ4n) is 2.81. The molecule has 1 aromatic heterocycles. The van der Waals surface area contributed by atoms with Crippen molar-refractivity contribution < 1.29 is 0 Å². The average Bonchev–Trinajstić information content (AvgIpc) is 3.05. The van der Waals surface area contributed by atoms with Crippen LogP contribution in [0.5, 0.6) is 0 Å². The Morgan fingerprint density at radius 2 is 2.18 bits per heavy atom. The summed E-state index contributed by atoms with van der Waals surface area (Å²) in [6.45, 7) is 1.93. The minimum Gasteiger partial charge on any atom is -0.361 e. The molecule has 1 fully saturated rings. The quantitative estimate of drug-likeness (QED) is 0.838. The van der Waals surface area contributed by atoms with Gasteiger partial charge in [0.2, 0.25) is 5.95 Å². The monoisotopic (exact) mass is 293 g/mol. The maximum absolute atomic E-state index is 9.54. The van der Waals surface area contributed by atoms with E-state index >= 15 is 0 Å². The van der Waals surface area contributed by atoms with Crippen molar-refractivity contribution in [3.8, 4) is 6.07 Å². The third kappa shape index (κ3) is 3.01. The highest BCUT2D eigenvalue weighted by Crippen LogP contribution is 2.24. The second-order valence-electron chi connectivity index (χ2n) is 5.61. The van der Waals surface area contributed by atoms with Gasteiger partial charge in [-0.05, 0) is 37.5 Å². The summed E-state index contributed by atoms with van der Waals surface area (Å²) >= 11 is 0. The van der Waals surface area contributed by atoms with Gasteiger partial charge in [-0.25, -0.2) is 9.97 Å². The predicted molar refractivity (Wildman–Crippen MR) is 86.6 cm³/mol. The van der Waals surface area contributed by atoms with Crippen molar-refractivity contribution in [2.75, 3.05) is 5.32 Å². The Bertz CT molecular complexity index is 687. The molecule has 22 heavy (non-hydrogen) atoms. The Morgan fingerprint density at radius 3 is 2.86 bits per heavy atom. The van der Waals surface area contributed by atoms with E-state index in [0.717, 1.165) is 24.1 Å². The van der Waals surface area contributed by atoms with Gasteiger partial charge in [-0.1, -0.05) is 18.9 Å². The van der Waals surface area contributed by atoms with Crippen LogP contribution in [-0.2, 0) is 0 Å². The Hall–Kier alpha value is -2.61. The second kappa shape index (κ2) is 6.44. The Morgan fingerprint density at radius 1 is 1.36 bits per heavy atom. The lowest BCUT2D eigenvalue weighted by Crippen LogP contribution is -2.17. The fourth-order valence-corrected chi connectivity index (χ4v) is 2.81. The highest BCUT2D eigenvalue weighted by molar-refractivity contribution is 5.80. The van der Waals surface area contributed by atoms with E-state index in [2.05, 4.69) is 26.7 Å². The van der Waals surface area contributed by atoms with Crippen molar-refractivity contribution in [1.82, 2.24) is 15.3 Å². The molecule has 0 bridgehead atoms. The molecule has 0 amide bonds. The minimum atomic E-state index is 0.448. The van der Waals surface area contributed by atoms with Gasteiger partial charge < -0.3 is 10.6 Å². The highest BCUT2D eigenvalue weighted by atomic mass is 15.1. The zero-order valence-corrected chi connectivity index (χ0v) is 12.6. The molecule has 0 unspecified atom stereocenters. The SMILES string of the molecule is Cc1cnc(NC2CCCC2)nc1/C(C#N)=C1/C=CC=CN1. The first-order valence-corrected chi connectivity index (χ1v) is 7.62. The van der Waals surface area contributed by atoms with E-state index in [-0.39, 0.29) is 0 Å². The number of dihydropyridines is 1. The van der Waals surface area contributed by atoms with Gasteiger partial charge in [-0.15, -0.1) is 0 Å². The molecule has 1 aromatic rings. The molecule has 112 valence electrons. The molecule has 0 atom stereocenters. The van der Waals surface area contributed by atoms with Crippen molar-refractivity contribution in [3.05, 3.63) is 47.6 Å². The third-order valence-electron chi connectivity index (χ3n) is 3.99. The van der Waals surface area contributed by atoms with Crippen LogP contribution in [0.1, 0.15) is 36.9 Å². The summed E-state index contributed by atoms with van der Waals surface area (Å²) in [5.41, 5.74) is 2.87. The number of aryl methyl sites for hydroxylation is 1. The van der Waals surface area contributed by atoms with Crippen molar-refractivity contribution in [3.63, 3.8) is 0 Å². The molecule has 0 saturated heterocycles.